The summed E-state index contributed by atoms with van der Waals surface area (Å²) in [7, 11) is 15.6. The molecule has 16 heteroatoms. The lowest BCUT2D eigenvalue weighted by Crippen LogP contribution is -2.14. The van der Waals surface area contributed by atoms with Crippen molar-refractivity contribution in [2.45, 2.75) is 466 Å². The molecule has 2 rings (SSSR count). The molecule has 2 aliphatic rings. The first-order valence-electron chi connectivity index (χ1n) is 58.6. The lowest BCUT2D eigenvalue weighted by Gasteiger charge is -2.17. The Morgan fingerprint density at radius 1 is 0.220 bits per heavy atom. The Morgan fingerprint density at radius 3 is 0.700 bits per heavy atom. The molecule has 8 nitrogen and oxygen atoms in total. The van der Waals surface area contributed by atoms with Crippen molar-refractivity contribution < 1.29 is 36.6 Å². The van der Waals surface area contributed by atoms with Crippen molar-refractivity contribution >= 4 is 72.7 Å². The molecule has 150 heavy (non-hydrogen) atoms. The normalized spacial score (nSPS) is 17.5. The van der Waals surface area contributed by atoms with Gasteiger partial charge in [0.25, 0.3) is 0 Å². The summed E-state index contributed by atoms with van der Waals surface area (Å²) in [6, 6.07) is 0. The van der Waals surface area contributed by atoms with Gasteiger partial charge >= 0.3 is 0 Å². The van der Waals surface area contributed by atoms with E-state index in [1.54, 1.807) is 0 Å². The molecule has 0 aromatic carbocycles. The summed E-state index contributed by atoms with van der Waals surface area (Å²) in [5.41, 5.74) is 0. The minimum Gasteiger partial charge on any atom is -0.365 e. The van der Waals surface area contributed by atoms with Crippen molar-refractivity contribution in [1.29, 1.82) is 0 Å². The highest BCUT2D eigenvalue weighted by molar-refractivity contribution is 8.00. The second-order valence-electron chi connectivity index (χ2n) is 37.5. The van der Waals surface area contributed by atoms with Crippen molar-refractivity contribution in [3.8, 4) is 0 Å². The summed E-state index contributed by atoms with van der Waals surface area (Å²) in [6.07, 6.45) is 189. The number of hydrogen-bond donors (Lipinski definition) is 0. The van der Waals surface area contributed by atoms with Crippen LogP contribution < -0.4 is 0 Å². The van der Waals surface area contributed by atoms with Gasteiger partial charge < -0.3 is 36.6 Å². The third kappa shape index (κ3) is 120. The van der Waals surface area contributed by atoms with Gasteiger partial charge in [0, 0.05) is 54.9 Å². The van der Waals surface area contributed by atoms with E-state index in [2.05, 4.69) is 469 Å². The fraction of sp³-hybridized carbons (Fsp3) is 0.552. The molecule has 0 bridgehead atoms. The molecule has 0 aromatic rings. The molecule has 2 aliphatic heterocycles. The monoisotopic (exact) mass is 2210 g/mol. The Labute approximate surface area is 945 Å². The zero-order valence-electron chi connectivity index (χ0n) is 97.2. The fourth-order valence-corrected chi connectivity index (χ4v) is 17.2. The van der Waals surface area contributed by atoms with E-state index in [1.807, 2.05) is 48.6 Å². The predicted octanol–water partition coefficient (Wildman–Crippen LogP) is 44.6. The largest absolute Gasteiger partial charge is 0.365 e. The molecule has 20 atom stereocenters. The lowest BCUT2D eigenvalue weighted by atomic mass is 10.00. The maximum absolute atomic E-state index is 5.71. The Morgan fingerprint density at radius 2 is 0.447 bits per heavy atom. The average molecular weight is 2210 g/mol. The van der Waals surface area contributed by atoms with Crippen molar-refractivity contribution in [3.05, 3.63) is 365 Å². The second kappa shape index (κ2) is 133. The molecule has 0 saturated carbocycles. The minimum absolute atomic E-state index is 0.101. The topological polar surface area (TPSA) is 80.4 Å². The van der Waals surface area contributed by atoms with Crippen LogP contribution in [0.5, 0.6) is 0 Å². The molecule has 2 heterocycles. The Balaban J connectivity index is -0.000000853. The molecule has 848 valence electrons. The molecule has 0 N–H and O–H groups in total. The number of unbranched alkanes of at least 4 members (excludes halogenated alkanes) is 24. The van der Waals surface area contributed by atoms with Crippen LogP contribution in [0.2, 0.25) is 0 Å². The third-order valence-electron chi connectivity index (χ3n) is 23.6. The van der Waals surface area contributed by atoms with E-state index >= 15 is 0 Å². The molecule has 0 radical (unpaired) electrons. The fourth-order valence-electron chi connectivity index (χ4n) is 14.3. The summed E-state index contributed by atoms with van der Waals surface area (Å²) in [4.78, 5) is 0. The van der Waals surface area contributed by atoms with E-state index in [0.29, 0.717) is 53.2 Å². The Kier molecular flexibility index (Phi) is 134. The number of epoxide rings is 2. The average Bonchev–Trinajstić information content (AvgIpc) is 1.71. The van der Waals surface area contributed by atoms with Crippen LogP contribution in [0.25, 0.3) is 0 Å². The maximum atomic E-state index is 5.71. The molecule has 2 saturated heterocycles. The molecule has 20 unspecified atom stereocenters. The summed E-state index contributed by atoms with van der Waals surface area (Å²) in [5.74, 6) is 0.950. The number of allylic oxidation sites excluding steroid dienone is 46. The van der Waals surface area contributed by atoms with Gasteiger partial charge in [0.05, 0.1) is 48.8 Å². The van der Waals surface area contributed by atoms with E-state index in [0.717, 1.165) is 116 Å². The lowest BCUT2D eigenvalue weighted by molar-refractivity contribution is 0.222. The minimum atomic E-state index is 0.101. The number of hydrogen-bond acceptors (Lipinski definition) is 8. The highest BCUT2D eigenvalue weighted by Gasteiger charge is 2.35. The van der Waals surface area contributed by atoms with Gasteiger partial charge in [0.1, 0.15) is 12.2 Å². The molecular weight excluding hydrogens is 1990 g/mol. The molecular formula is C134H224O8P8. The second-order valence-corrected chi connectivity index (χ2v) is 40.9. The maximum Gasteiger partial charge on any atom is 0.103 e. The highest BCUT2D eigenvalue weighted by Crippen LogP contribution is 2.30. The van der Waals surface area contributed by atoms with Crippen molar-refractivity contribution in [3.63, 3.8) is 0 Å². The van der Waals surface area contributed by atoms with Gasteiger partial charge in [-0.3, -0.25) is 0 Å². The van der Waals surface area contributed by atoms with Crippen molar-refractivity contribution in [2.75, 3.05) is 0 Å². The van der Waals surface area contributed by atoms with Gasteiger partial charge in [-0.2, -0.15) is 0 Å². The van der Waals surface area contributed by atoms with Crippen molar-refractivity contribution in [1.82, 2.24) is 0 Å². The van der Waals surface area contributed by atoms with Crippen LogP contribution in [-0.4, -0.2) is 61.0 Å². The Bertz CT molecular complexity index is 3600. The SMILES string of the molecule is CC/C=C\CC(C)C(/C=C/C=C/C=C\C/C=C\CCCCCC)OP.CC/C=C\CC(\C=C/C=C/C=C/C(C/C=C\CCCCCC)OP)OPP.CC/C=C\CC1OC1/C=C/C=C/C=C\C/C=C\CCCCCC.CCC=CCC(C)C(C=C/C=C/C=C\CC=CCCCCCC)OP.CCC=CCC(C=CC=CC=CC(CC=CCCCCCC)OP)OPP.CCC=CCC1OC1C=CC=CC=CCC=CCCCCCC. The van der Waals surface area contributed by atoms with Crippen LogP contribution in [0.15, 0.2) is 365 Å². The summed E-state index contributed by atoms with van der Waals surface area (Å²) in [5, 5.41) is 0. The van der Waals surface area contributed by atoms with E-state index < -0.39 is 0 Å². The summed E-state index contributed by atoms with van der Waals surface area (Å²) >= 11 is 0. The van der Waals surface area contributed by atoms with Gasteiger partial charge in [-0.15, -0.1) is 0 Å². The van der Waals surface area contributed by atoms with Crippen LogP contribution in [0.3, 0.4) is 0 Å². The first-order chi connectivity index (χ1) is 73.8. The Hall–Kier alpha value is -4.68. The van der Waals surface area contributed by atoms with Crippen LogP contribution in [0.4, 0.5) is 0 Å². The summed E-state index contributed by atoms with van der Waals surface area (Å²) < 4.78 is 44.4. The molecule has 0 spiro atoms. The number of ether oxygens (including phenoxy) is 2. The van der Waals surface area contributed by atoms with Crippen LogP contribution in [0, 0.1) is 11.8 Å². The van der Waals surface area contributed by atoms with Crippen molar-refractivity contribution in [2.24, 2.45) is 11.8 Å². The zero-order valence-corrected chi connectivity index (χ0v) is 106. The van der Waals surface area contributed by atoms with Crippen LogP contribution >= 0.6 is 72.7 Å². The quantitative estimate of drug-likeness (QED) is 0.0196. The predicted molar refractivity (Wildman–Crippen MR) is 704 cm³/mol. The van der Waals surface area contributed by atoms with Gasteiger partial charge in [0.15, 0.2) is 0 Å². The summed E-state index contributed by atoms with van der Waals surface area (Å²) in [6.45, 7) is 30.9. The van der Waals surface area contributed by atoms with Gasteiger partial charge in [-0.25, -0.2) is 0 Å². The van der Waals surface area contributed by atoms with E-state index in [9.17, 15) is 0 Å². The van der Waals surface area contributed by atoms with Crippen LogP contribution in [-0.2, 0) is 36.6 Å². The third-order valence-corrected chi connectivity index (χ3v) is 26.6. The van der Waals surface area contributed by atoms with Crippen LogP contribution in [0.1, 0.15) is 405 Å². The zero-order chi connectivity index (χ0) is 110. The first kappa shape index (κ1) is 152. The van der Waals surface area contributed by atoms with E-state index in [1.165, 1.54) is 193 Å². The first-order valence-corrected chi connectivity index (χ1v) is 65.9. The molecule has 0 amide bonds. The molecule has 2 fully saturated rings. The standard InChI is InChI=1S/2C23H39OP.2C22H39O2P3.2C22H34O/c2*1-4-6-8-9-10-11-12-13-14-15-16-17-19-21-23(24-25)22(3)20-18-7-5-2;2*1-3-5-7-8-9-10-14-17-21(23-25)18-15-11-12-16-20-22(24-27-26)19-13-6-4-2;2*1-3-5-7-8-9-10-11-12-13-14-15-16-18-20-22-21(23-22)19-17-6-4-2/h2*7,11-12,14-19,21-23H,4-6,8-10,13,20,25H2,1-3H3;2*6,10-16,18,20-22,27H,3-5,7-9,17,19,25-26H2,1-2H3;2*6,10-11,13-18,20-22H,3-5,7-9,12,19H2,1-2H3/b12-11?,15-14-,17-16+,18-7?,21-19?;12-11-,15-14-,17-16+,18-7-,21-19+;12-11+,13-6-,14-10-,18-15+,20-16-;;11-10-,14-13-,16-15+,17-6-,20-18+;. The van der Waals surface area contributed by atoms with Gasteiger partial charge in [-0.05, 0) is 204 Å². The van der Waals surface area contributed by atoms with E-state index in [4.69, 9.17) is 36.6 Å². The smallest absolute Gasteiger partial charge is 0.103 e. The highest BCUT2D eigenvalue weighted by atomic mass is 32.0. The van der Waals surface area contributed by atoms with Gasteiger partial charge in [-0.1, -0.05) is 595 Å². The van der Waals surface area contributed by atoms with Gasteiger partial charge in [0.2, 0.25) is 0 Å². The molecule has 0 aromatic heterocycles. The molecule has 0 aliphatic carbocycles. The number of rotatable bonds is 90. The van der Waals surface area contributed by atoms with E-state index in [-0.39, 0.29) is 36.6 Å².